The standard InChI is InChI=1S/C6H10N2O2S.Na.H/c1-11-3-2-4-5(9)8-6(10)7-4;;/h4H,2-3H2,1H3,(H2,7,8,9,10);;/q;+1;-1/t4-;;/m0../s1. The Hall–Kier alpha value is 0.290. The van der Waals surface area contributed by atoms with Crippen LogP contribution in [0.3, 0.4) is 0 Å². The quantitative estimate of drug-likeness (QED) is 0.377. The summed E-state index contributed by atoms with van der Waals surface area (Å²) in [5.74, 6) is 0.683. The minimum atomic E-state index is -0.374. The maximum atomic E-state index is 10.9. The van der Waals surface area contributed by atoms with Gasteiger partial charge in [-0.2, -0.15) is 11.8 Å². The number of hydrogen-bond donors (Lipinski definition) is 2. The Morgan fingerprint density at radius 3 is 2.67 bits per heavy atom. The van der Waals surface area contributed by atoms with Crippen LogP contribution < -0.4 is 40.2 Å². The van der Waals surface area contributed by atoms with Crippen molar-refractivity contribution in [2.75, 3.05) is 12.0 Å². The number of thioether (sulfide) groups is 1. The van der Waals surface area contributed by atoms with Crippen molar-refractivity contribution < 1.29 is 40.6 Å². The smallest absolute Gasteiger partial charge is 1.00 e. The van der Waals surface area contributed by atoms with Crippen molar-refractivity contribution in [2.45, 2.75) is 12.5 Å². The van der Waals surface area contributed by atoms with E-state index in [1.165, 1.54) is 0 Å². The number of carbonyl (C=O) groups is 2. The second-order valence-electron chi connectivity index (χ2n) is 2.30. The van der Waals surface area contributed by atoms with E-state index in [1.54, 1.807) is 11.8 Å². The topological polar surface area (TPSA) is 58.2 Å². The third kappa shape index (κ3) is 3.35. The van der Waals surface area contributed by atoms with Crippen molar-refractivity contribution in [1.29, 1.82) is 0 Å². The second-order valence-corrected chi connectivity index (χ2v) is 3.28. The molecule has 0 radical (unpaired) electrons. The predicted molar refractivity (Wildman–Crippen MR) is 44.6 cm³/mol. The fraction of sp³-hybridized carbons (Fsp3) is 0.667. The first-order valence-corrected chi connectivity index (χ1v) is 4.73. The molecule has 4 nitrogen and oxygen atoms in total. The minimum absolute atomic E-state index is 0. The van der Waals surface area contributed by atoms with Crippen LogP contribution in [0.15, 0.2) is 0 Å². The van der Waals surface area contributed by atoms with Gasteiger partial charge in [0.05, 0.1) is 0 Å². The summed E-state index contributed by atoms with van der Waals surface area (Å²) in [6, 6.07) is -0.684. The van der Waals surface area contributed by atoms with Gasteiger partial charge < -0.3 is 6.74 Å². The number of carbonyl (C=O) groups excluding carboxylic acids is 2. The van der Waals surface area contributed by atoms with E-state index in [0.29, 0.717) is 6.42 Å². The van der Waals surface area contributed by atoms with E-state index in [-0.39, 0.29) is 49.0 Å². The average Bonchev–Trinajstić information content (AvgIpc) is 2.26. The van der Waals surface area contributed by atoms with E-state index >= 15 is 0 Å². The number of nitrogens with one attached hydrogen (secondary N) is 2. The number of amides is 3. The molecule has 0 spiro atoms. The number of imide groups is 1. The van der Waals surface area contributed by atoms with Gasteiger partial charge in [-0.25, -0.2) is 4.79 Å². The largest absolute Gasteiger partial charge is 1.00 e. The molecule has 1 saturated heterocycles. The summed E-state index contributed by atoms with van der Waals surface area (Å²) in [5.41, 5.74) is 0. The molecular formula is C6H11N2NaO2S. The van der Waals surface area contributed by atoms with Crippen LogP contribution >= 0.6 is 11.8 Å². The number of rotatable bonds is 3. The monoisotopic (exact) mass is 198 g/mol. The van der Waals surface area contributed by atoms with E-state index in [0.717, 1.165) is 5.75 Å². The molecule has 0 bridgehead atoms. The summed E-state index contributed by atoms with van der Waals surface area (Å²) in [6.45, 7) is 0. The molecule has 0 aromatic heterocycles. The minimum Gasteiger partial charge on any atom is -1.00 e. The van der Waals surface area contributed by atoms with Crippen LogP contribution in [0.2, 0.25) is 0 Å². The molecule has 0 aromatic carbocycles. The number of hydrogen-bond acceptors (Lipinski definition) is 3. The maximum Gasteiger partial charge on any atom is 1.00 e. The first-order valence-electron chi connectivity index (χ1n) is 3.34. The first-order chi connectivity index (χ1) is 5.24. The molecule has 1 atom stereocenters. The fourth-order valence-corrected chi connectivity index (χ4v) is 1.37. The van der Waals surface area contributed by atoms with E-state index in [1.807, 2.05) is 6.26 Å². The van der Waals surface area contributed by atoms with Gasteiger partial charge in [0.25, 0.3) is 5.91 Å². The summed E-state index contributed by atoms with van der Waals surface area (Å²) in [5, 5.41) is 4.70. The first kappa shape index (κ1) is 12.3. The third-order valence-electron chi connectivity index (χ3n) is 1.47. The van der Waals surface area contributed by atoms with Crippen LogP contribution in [0.1, 0.15) is 7.85 Å². The van der Waals surface area contributed by atoms with Crippen molar-refractivity contribution in [3.05, 3.63) is 0 Å². The summed E-state index contributed by atoms with van der Waals surface area (Å²) in [4.78, 5) is 21.5. The van der Waals surface area contributed by atoms with E-state index in [2.05, 4.69) is 10.6 Å². The third-order valence-corrected chi connectivity index (χ3v) is 2.11. The average molecular weight is 198 g/mol. The zero-order chi connectivity index (χ0) is 8.27. The normalized spacial score (nSPS) is 21.2. The van der Waals surface area contributed by atoms with E-state index in [4.69, 9.17) is 0 Å². The molecule has 1 rings (SSSR count). The Morgan fingerprint density at radius 1 is 1.58 bits per heavy atom. The van der Waals surface area contributed by atoms with Gasteiger partial charge in [-0.3, -0.25) is 10.1 Å². The molecular weight excluding hydrogens is 187 g/mol. The van der Waals surface area contributed by atoms with Gasteiger partial charge in [0.1, 0.15) is 6.04 Å². The van der Waals surface area contributed by atoms with Crippen LogP contribution in [0.5, 0.6) is 0 Å². The fourth-order valence-electron chi connectivity index (χ4n) is 0.898. The zero-order valence-corrected chi connectivity index (χ0v) is 10.0. The molecule has 0 unspecified atom stereocenters. The molecule has 1 aliphatic heterocycles. The molecule has 1 heterocycles. The van der Waals surface area contributed by atoms with E-state index < -0.39 is 0 Å². The molecule has 6 heteroatoms. The molecule has 12 heavy (non-hydrogen) atoms. The van der Waals surface area contributed by atoms with Gasteiger partial charge in [0.2, 0.25) is 0 Å². The summed E-state index contributed by atoms with van der Waals surface area (Å²) in [6.07, 6.45) is 2.67. The van der Waals surface area contributed by atoms with Crippen LogP contribution in [0, 0.1) is 0 Å². The van der Waals surface area contributed by atoms with Crippen molar-refractivity contribution in [2.24, 2.45) is 0 Å². The SMILES string of the molecule is CSCC[C@@H]1NC(=O)NC1=O.[H-].[Na+]. The Bertz CT molecular complexity index is 193. The second kappa shape index (κ2) is 5.85. The molecule has 2 N–H and O–H groups in total. The molecule has 0 saturated carbocycles. The number of urea groups is 1. The van der Waals surface area contributed by atoms with Crippen molar-refractivity contribution >= 4 is 23.7 Å². The Labute approximate surface area is 99.0 Å². The van der Waals surface area contributed by atoms with E-state index in [9.17, 15) is 9.59 Å². The van der Waals surface area contributed by atoms with Crippen LogP contribution in [0.4, 0.5) is 4.79 Å². The van der Waals surface area contributed by atoms with Crippen molar-refractivity contribution in [3.8, 4) is 0 Å². The molecule has 0 aliphatic carbocycles. The van der Waals surface area contributed by atoms with Gasteiger partial charge in [-0.1, -0.05) is 0 Å². The van der Waals surface area contributed by atoms with Crippen molar-refractivity contribution in [1.82, 2.24) is 10.6 Å². The zero-order valence-electron chi connectivity index (χ0n) is 8.22. The Kier molecular flexibility index (Phi) is 6.00. The molecule has 3 amide bonds. The van der Waals surface area contributed by atoms with Gasteiger partial charge in [0.15, 0.2) is 0 Å². The maximum absolute atomic E-state index is 10.9. The summed E-state index contributed by atoms with van der Waals surface area (Å²) < 4.78 is 0. The van der Waals surface area contributed by atoms with Crippen LogP contribution in [0.25, 0.3) is 0 Å². The van der Waals surface area contributed by atoms with Gasteiger partial charge in [-0.05, 0) is 18.4 Å². The predicted octanol–water partition coefficient (Wildman–Crippen LogP) is -2.94. The molecule has 1 aliphatic rings. The summed E-state index contributed by atoms with van der Waals surface area (Å²) in [7, 11) is 0. The molecule has 1 fully saturated rings. The Balaban J connectivity index is 0. The summed E-state index contributed by atoms with van der Waals surface area (Å²) >= 11 is 1.66. The van der Waals surface area contributed by atoms with Crippen molar-refractivity contribution in [3.63, 3.8) is 0 Å². The van der Waals surface area contributed by atoms with Crippen LogP contribution in [-0.4, -0.2) is 30.0 Å². The van der Waals surface area contributed by atoms with Gasteiger partial charge in [-0.15, -0.1) is 0 Å². The molecule has 0 aromatic rings. The van der Waals surface area contributed by atoms with Gasteiger partial charge >= 0.3 is 35.6 Å². The van der Waals surface area contributed by atoms with Gasteiger partial charge in [0, 0.05) is 0 Å². The molecule has 64 valence electrons. The van der Waals surface area contributed by atoms with Crippen LogP contribution in [-0.2, 0) is 4.79 Å². The Morgan fingerprint density at radius 2 is 2.25 bits per heavy atom.